The third kappa shape index (κ3) is 1.96. The molecule has 1 N–H and O–H groups in total. The SMILES string of the molecule is O=C(O)Cc1cn2cc(-c3cccs3)nc2s1. The van der Waals surface area contributed by atoms with Gasteiger partial charge < -0.3 is 5.11 Å². The Bertz CT molecular complexity index is 635. The Morgan fingerprint density at radius 1 is 1.47 bits per heavy atom. The maximum atomic E-state index is 10.6. The first-order chi connectivity index (χ1) is 8.22. The molecule has 0 aromatic carbocycles. The number of aromatic nitrogens is 2. The minimum Gasteiger partial charge on any atom is -0.481 e. The molecule has 0 radical (unpaired) electrons. The summed E-state index contributed by atoms with van der Waals surface area (Å²) in [5.41, 5.74) is 0.938. The topological polar surface area (TPSA) is 54.6 Å². The van der Waals surface area contributed by atoms with E-state index in [0.717, 1.165) is 20.4 Å². The van der Waals surface area contributed by atoms with E-state index in [1.807, 2.05) is 34.3 Å². The van der Waals surface area contributed by atoms with E-state index in [9.17, 15) is 4.79 Å². The summed E-state index contributed by atoms with van der Waals surface area (Å²) in [6.07, 6.45) is 3.82. The molecule has 0 atom stereocenters. The van der Waals surface area contributed by atoms with E-state index < -0.39 is 5.97 Å². The summed E-state index contributed by atoms with van der Waals surface area (Å²) in [6.45, 7) is 0. The van der Waals surface area contributed by atoms with Crippen LogP contribution in [0.3, 0.4) is 0 Å². The van der Waals surface area contributed by atoms with Gasteiger partial charge in [-0.25, -0.2) is 4.98 Å². The van der Waals surface area contributed by atoms with Gasteiger partial charge in [0, 0.05) is 17.3 Å². The molecule has 0 amide bonds. The molecule has 4 nitrogen and oxygen atoms in total. The lowest BCUT2D eigenvalue weighted by Crippen LogP contribution is -1.97. The molecule has 6 heteroatoms. The zero-order chi connectivity index (χ0) is 11.8. The first-order valence-electron chi connectivity index (χ1n) is 4.95. The summed E-state index contributed by atoms with van der Waals surface area (Å²) in [7, 11) is 0. The number of rotatable bonds is 3. The standard InChI is InChI=1S/C11H8N2O2S2/c14-10(15)4-7-5-13-6-8(12-11(13)17-7)9-2-1-3-16-9/h1-3,5-6H,4H2,(H,14,15). The average molecular weight is 264 g/mol. The van der Waals surface area contributed by atoms with Gasteiger partial charge in [0.25, 0.3) is 0 Å². The van der Waals surface area contributed by atoms with Crippen molar-refractivity contribution in [2.75, 3.05) is 0 Å². The number of carboxylic acids is 1. The molecule has 0 bridgehead atoms. The van der Waals surface area contributed by atoms with Crippen molar-refractivity contribution in [2.24, 2.45) is 0 Å². The lowest BCUT2D eigenvalue weighted by molar-refractivity contribution is -0.136. The first-order valence-corrected chi connectivity index (χ1v) is 6.65. The van der Waals surface area contributed by atoms with Crippen molar-refractivity contribution in [3.05, 3.63) is 34.8 Å². The van der Waals surface area contributed by atoms with Crippen LogP contribution >= 0.6 is 22.7 Å². The smallest absolute Gasteiger partial charge is 0.308 e. The van der Waals surface area contributed by atoms with Crippen molar-refractivity contribution in [2.45, 2.75) is 6.42 Å². The van der Waals surface area contributed by atoms with Crippen molar-refractivity contribution in [3.63, 3.8) is 0 Å². The molecule has 0 aliphatic heterocycles. The van der Waals surface area contributed by atoms with E-state index in [-0.39, 0.29) is 6.42 Å². The minimum atomic E-state index is -0.812. The number of carbonyl (C=O) groups is 1. The highest BCUT2D eigenvalue weighted by molar-refractivity contribution is 7.17. The summed E-state index contributed by atoms with van der Waals surface area (Å²) in [5, 5.41) is 10.7. The van der Waals surface area contributed by atoms with Crippen LogP contribution in [0.1, 0.15) is 4.88 Å². The Balaban J connectivity index is 1.99. The summed E-state index contributed by atoms with van der Waals surface area (Å²) in [6, 6.07) is 4.01. The number of imidazole rings is 1. The van der Waals surface area contributed by atoms with Gasteiger partial charge >= 0.3 is 5.97 Å². The number of fused-ring (bicyclic) bond motifs is 1. The van der Waals surface area contributed by atoms with Crippen molar-refractivity contribution < 1.29 is 9.90 Å². The fourth-order valence-corrected chi connectivity index (χ4v) is 3.25. The quantitative estimate of drug-likeness (QED) is 0.791. The molecule has 0 aliphatic carbocycles. The van der Waals surface area contributed by atoms with Crippen molar-refractivity contribution in [1.82, 2.24) is 9.38 Å². The molecule has 0 spiro atoms. The summed E-state index contributed by atoms with van der Waals surface area (Å²) >= 11 is 3.06. The largest absolute Gasteiger partial charge is 0.481 e. The number of nitrogens with zero attached hydrogens (tertiary/aromatic N) is 2. The third-order valence-corrected chi connectivity index (χ3v) is 4.19. The highest BCUT2D eigenvalue weighted by atomic mass is 32.1. The van der Waals surface area contributed by atoms with Crippen molar-refractivity contribution in [1.29, 1.82) is 0 Å². The van der Waals surface area contributed by atoms with Gasteiger partial charge in [-0.1, -0.05) is 6.07 Å². The first kappa shape index (κ1) is 10.5. The predicted octanol–water partition coefficient (Wildman–Crippen LogP) is 2.75. The number of aliphatic carboxylic acids is 1. The number of thiophene rings is 1. The summed E-state index contributed by atoms with van der Waals surface area (Å²) in [4.78, 5) is 17.9. The minimum absolute atomic E-state index is 0.0579. The lowest BCUT2D eigenvalue weighted by Gasteiger charge is -1.88. The van der Waals surface area contributed by atoms with Crippen LogP contribution in [0.15, 0.2) is 29.9 Å². The van der Waals surface area contributed by atoms with E-state index in [0.29, 0.717) is 0 Å². The third-order valence-electron chi connectivity index (χ3n) is 2.30. The molecule has 3 aromatic rings. The van der Waals surface area contributed by atoms with Gasteiger partial charge in [0.2, 0.25) is 0 Å². The van der Waals surface area contributed by atoms with Gasteiger partial charge in [-0.3, -0.25) is 9.20 Å². The summed E-state index contributed by atoms with van der Waals surface area (Å²) < 4.78 is 1.89. The van der Waals surface area contributed by atoms with E-state index in [1.54, 1.807) is 11.3 Å². The second-order valence-electron chi connectivity index (χ2n) is 3.56. The van der Waals surface area contributed by atoms with Crippen LogP contribution in [0, 0.1) is 0 Å². The predicted molar refractivity (Wildman–Crippen MR) is 67.7 cm³/mol. The Morgan fingerprint density at radius 3 is 3.00 bits per heavy atom. The monoisotopic (exact) mass is 264 g/mol. The van der Waals surface area contributed by atoms with Crippen LogP contribution in [0.5, 0.6) is 0 Å². The average Bonchev–Trinajstić information content (AvgIpc) is 2.86. The van der Waals surface area contributed by atoms with Crippen LogP contribution < -0.4 is 0 Å². The fourth-order valence-electron chi connectivity index (χ4n) is 1.62. The highest BCUT2D eigenvalue weighted by Gasteiger charge is 2.10. The Morgan fingerprint density at radius 2 is 2.35 bits per heavy atom. The molecule has 0 aliphatic rings. The Hall–Kier alpha value is -1.66. The molecule has 17 heavy (non-hydrogen) atoms. The van der Waals surface area contributed by atoms with Crippen LogP contribution in [-0.4, -0.2) is 20.5 Å². The molecule has 3 heterocycles. The number of carboxylic acid groups (broad SMARTS) is 1. The number of hydrogen-bond donors (Lipinski definition) is 1. The molecular weight excluding hydrogens is 256 g/mol. The molecule has 0 unspecified atom stereocenters. The lowest BCUT2D eigenvalue weighted by atomic mass is 10.4. The Kier molecular flexibility index (Phi) is 2.45. The molecule has 86 valence electrons. The number of hydrogen-bond acceptors (Lipinski definition) is 4. The Labute approximate surface area is 105 Å². The zero-order valence-corrected chi connectivity index (χ0v) is 10.3. The van der Waals surface area contributed by atoms with Gasteiger partial charge in [-0.05, 0) is 11.4 Å². The van der Waals surface area contributed by atoms with E-state index >= 15 is 0 Å². The van der Waals surface area contributed by atoms with Gasteiger partial charge in [-0.15, -0.1) is 22.7 Å². The second-order valence-corrected chi connectivity index (χ2v) is 5.60. The zero-order valence-electron chi connectivity index (χ0n) is 8.66. The van der Waals surface area contributed by atoms with Crippen LogP contribution in [-0.2, 0) is 11.2 Å². The van der Waals surface area contributed by atoms with E-state index in [1.165, 1.54) is 11.3 Å². The van der Waals surface area contributed by atoms with Crippen molar-refractivity contribution >= 4 is 33.6 Å². The van der Waals surface area contributed by atoms with Gasteiger partial charge in [0.15, 0.2) is 4.96 Å². The summed E-state index contributed by atoms with van der Waals surface area (Å²) in [5.74, 6) is -0.812. The number of thiazole rings is 1. The molecule has 0 fully saturated rings. The molecule has 3 rings (SSSR count). The van der Waals surface area contributed by atoms with Gasteiger partial charge in [0.05, 0.1) is 11.3 Å². The van der Waals surface area contributed by atoms with Crippen LogP contribution in [0.4, 0.5) is 0 Å². The second kappa shape index (κ2) is 3.97. The maximum absolute atomic E-state index is 10.6. The van der Waals surface area contributed by atoms with Gasteiger partial charge in [-0.2, -0.15) is 0 Å². The van der Waals surface area contributed by atoms with Gasteiger partial charge in [0.1, 0.15) is 5.69 Å². The van der Waals surface area contributed by atoms with Crippen LogP contribution in [0.2, 0.25) is 0 Å². The van der Waals surface area contributed by atoms with E-state index in [2.05, 4.69) is 4.98 Å². The highest BCUT2D eigenvalue weighted by Crippen LogP contribution is 2.27. The molecular formula is C11H8N2O2S2. The van der Waals surface area contributed by atoms with Crippen LogP contribution in [0.25, 0.3) is 15.5 Å². The normalized spacial score (nSPS) is 11.1. The van der Waals surface area contributed by atoms with Crippen molar-refractivity contribution in [3.8, 4) is 10.6 Å². The maximum Gasteiger partial charge on any atom is 0.308 e. The molecule has 3 aromatic heterocycles. The molecule has 0 saturated carbocycles. The van der Waals surface area contributed by atoms with E-state index in [4.69, 9.17) is 5.11 Å². The molecule has 0 saturated heterocycles. The fraction of sp³-hybridized carbons (Fsp3) is 0.0909.